The van der Waals surface area contributed by atoms with Gasteiger partial charge in [0.1, 0.15) is 5.75 Å². The van der Waals surface area contributed by atoms with Crippen LogP contribution in [0, 0.1) is 0 Å². The van der Waals surface area contributed by atoms with E-state index in [1.165, 1.54) is 12.1 Å². The number of hydrogen-bond acceptors (Lipinski definition) is 3. The van der Waals surface area contributed by atoms with Gasteiger partial charge in [0, 0.05) is 13.7 Å². The van der Waals surface area contributed by atoms with E-state index in [1.54, 1.807) is 19.2 Å². The number of benzene rings is 1. The number of aryl methyl sites for hydroxylation is 1. The maximum Gasteiger partial charge on any atom is 0.573 e. The first-order valence-electron chi connectivity index (χ1n) is 6.05. The summed E-state index contributed by atoms with van der Waals surface area (Å²) in [5.74, 6) is -0.186. The van der Waals surface area contributed by atoms with E-state index >= 15 is 0 Å². The molecule has 0 unspecified atom stereocenters. The number of rotatable bonds is 8. The molecule has 0 spiro atoms. The highest BCUT2D eigenvalue weighted by atomic mass is 19.4. The van der Waals surface area contributed by atoms with Gasteiger partial charge in [-0.3, -0.25) is 0 Å². The van der Waals surface area contributed by atoms with Crippen LogP contribution < -0.4 is 10.1 Å². The number of hydrogen-bond donors (Lipinski definition) is 1. The first-order valence-corrected chi connectivity index (χ1v) is 6.05. The van der Waals surface area contributed by atoms with Crippen LogP contribution in [0.15, 0.2) is 24.3 Å². The van der Waals surface area contributed by atoms with Gasteiger partial charge in [0.15, 0.2) is 0 Å². The molecule has 19 heavy (non-hydrogen) atoms. The molecule has 108 valence electrons. The summed E-state index contributed by atoms with van der Waals surface area (Å²) in [6.45, 7) is 2.32. The normalized spacial score (nSPS) is 11.6. The van der Waals surface area contributed by atoms with Gasteiger partial charge < -0.3 is 14.8 Å². The zero-order valence-corrected chi connectivity index (χ0v) is 10.8. The van der Waals surface area contributed by atoms with Crippen molar-refractivity contribution in [1.29, 1.82) is 0 Å². The van der Waals surface area contributed by atoms with Gasteiger partial charge in [-0.1, -0.05) is 12.1 Å². The molecule has 0 bridgehead atoms. The number of nitrogens with one attached hydrogen (secondary N) is 1. The molecular weight excluding hydrogens is 259 g/mol. The predicted octanol–water partition coefficient (Wildman–Crippen LogP) is 2.75. The van der Waals surface area contributed by atoms with Crippen LogP contribution in [0.3, 0.4) is 0 Å². The van der Waals surface area contributed by atoms with Gasteiger partial charge in [-0.05, 0) is 37.1 Å². The molecule has 0 aliphatic rings. The Kier molecular flexibility index (Phi) is 6.66. The minimum Gasteiger partial charge on any atom is -0.406 e. The van der Waals surface area contributed by atoms with Crippen LogP contribution in [-0.4, -0.2) is 33.2 Å². The topological polar surface area (TPSA) is 30.5 Å². The van der Waals surface area contributed by atoms with Crippen LogP contribution in [0.4, 0.5) is 13.2 Å². The molecule has 0 aliphatic heterocycles. The molecule has 0 fully saturated rings. The second-order valence-corrected chi connectivity index (χ2v) is 4.04. The van der Waals surface area contributed by atoms with Crippen molar-refractivity contribution in [3.05, 3.63) is 29.8 Å². The lowest BCUT2D eigenvalue weighted by Crippen LogP contribution is -2.20. The molecule has 0 radical (unpaired) electrons. The third kappa shape index (κ3) is 7.69. The molecule has 1 N–H and O–H groups in total. The Morgan fingerprint density at radius 1 is 1.11 bits per heavy atom. The Balaban J connectivity index is 2.25. The number of ether oxygens (including phenoxy) is 2. The van der Waals surface area contributed by atoms with Gasteiger partial charge in [-0.15, -0.1) is 13.2 Å². The molecule has 1 aromatic carbocycles. The van der Waals surface area contributed by atoms with E-state index in [2.05, 4.69) is 10.1 Å². The summed E-state index contributed by atoms with van der Waals surface area (Å²) < 4.78 is 44.5. The van der Waals surface area contributed by atoms with E-state index in [0.29, 0.717) is 6.61 Å². The van der Waals surface area contributed by atoms with E-state index in [9.17, 15) is 13.2 Å². The number of halogens is 3. The molecule has 0 heterocycles. The van der Waals surface area contributed by atoms with E-state index in [4.69, 9.17) is 4.74 Å². The SMILES string of the molecule is COCCNCCCc1ccc(OC(F)(F)F)cc1. The third-order valence-electron chi connectivity index (χ3n) is 2.46. The van der Waals surface area contributed by atoms with E-state index < -0.39 is 6.36 Å². The zero-order chi connectivity index (χ0) is 14.1. The van der Waals surface area contributed by atoms with Crippen molar-refractivity contribution in [2.24, 2.45) is 0 Å². The third-order valence-corrected chi connectivity index (χ3v) is 2.46. The lowest BCUT2D eigenvalue weighted by molar-refractivity contribution is -0.274. The van der Waals surface area contributed by atoms with Gasteiger partial charge in [0.2, 0.25) is 0 Å². The van der Waals surface area contributed by atoms with Crippen LogP contribution in [0.5, 0.6) is 5.75 Å². The fraction of sp³-hybridized carbons (Fsp3) is 0.538. The van der Waals surface area contributed by atoms with Crippen molar-refractivity contribution in [3.63, 3.8) is 0 Å². The zero-order valence-electron chi connectivity index (χ0n) is 10.8. The van der Waals surface area contributed by atoms with Crippen LogP contribution in [0.2, 0.25) is 0 Å². The van der Waals surface area contributed by atoms with E-state index in [0.717, 1.165) is 31.5 Å². The largest absolute Gasteiger partial charge is 0.573 e. The Morgan fingerprint density at radius 3 is 2.37 bits per heavy atom. The molecule has 0 saturated heterocycles. The highest BCUT2D eigenvalue weighted by Crippen LogP contribution is 2.22. The average molecular weight is 277 g/mol. The van der Waals surface area contributed by atoms with E-state index in [-0.39, 0.29) is 5.75 Å². The quantitative estimate of drug-likeness (QED) is 0.741. The molecule has 0 aliphatic carbocycles. The summed E-state index contributed by atoms with van der Waals surface area (Å²) in [5.41, 5.74) is 0.989. The summed E-state index contributed by atoms with van der Waals surface area (Å²) in [6, 6.07) is 5.97. The highest BCUT2D eigenvalue weighted by molar-refractivity contribution is 5.27. The first-order chi connectivity index (χ1) is 9.01. The van der Waals surface area contributed by atoms with Gasteiger partial charge >= 0.3 is 6.36 Å². The lowest BCUT2D eigenvalue weighted by Gasteiger charge is -2.09. The van der Waals surface area contributed by atoms with Crippen LogP contribution in [-0.2, 0) is 11.2 Å². The highest BCUT2D eigenvalue weighted by Gasteiger charge is 2.30. The van der Waals surface area contributed by atoms with Gasteiger partial charge in [0.25, 0.3) is 0 Å². The molecule has 0 saturated carbocycles. The summed E-state index contributed by atoms with van der Waals surface area (Å²) in [4.78, 5) is 0. The molecule has 0 amide bonds. The maximum atomic E-state index is 12.0. The lowest BCUT2D eigenvalue weighted by atomic mass is 10.1. The van der Waals surface area contributed by atoms with Crippen molar-refractivity contribution < 1.29 is 22.6 Å². The summed E-state index contributed by atoms with van der Waals surface area (Å²) in [5, 5.41) is 3.20. The predicted molar refractivity (Wildman–Crippen MR) is 66.2 cm³/mol. The smallest absolute Gasteiger partial charge is 0.406 e. The maximum absolute atomic E-state index is 12.0. The van der Waals surface area contributed by atoms with Crippen LogP contribution in [0.1, 0.15) is 12.0 Å². The second kappa shape index (κ2) is 8.01. The Morgan fingerprint density at radius 2 is 1.79 bits per heavy atom. The number of methoxy groups -OCH3 is 1. The van der Waals surface area contributed by atoms with Crippen LogP contribution in [0.25, 0.3) is 0 Å². The average Bonchev–Trinajstić information content (AvgIpc) is 2.34. The van der Waals surface area contributed by atoms with Crippen molar-refractivity contribution in [1.82, 2.24) is 5.32 Å². The molecule has 6 heteroatoms. The van der Waals surface area contributed by atoms with Crippen LogP contribution >= 0.6 is 0 Å². The Hall–Kier alpha value is -1.27. The molecule has 0 atom stereocenters. The minimum absolute atomic E-state index is 0.186. The van der Waals surface area contributed by atoms with Crippen molar-refractivity contribution >= 4 is 0 Å². The Bertz CT molecular complexity index is 352. The standard InChI is InChI=1S/C13H18F3NO2/c1-18-10-9-17-8-2-3-11-4-6-12(7-5-11)19-13(14,15)16/h4-7,17H,2-3,8-10H2,1H3. The molecule has 3 nitrogen and oxygen atoms in total. The van der Waals surface area contributed by atoms with Crippen molar-refractivity contribution in [2.75, 3.05) is 26.8 Å². The van der Waals surface area contributed by atoms with Gasteiger partial charge in [-0.2, -0.15) is 0 Å². The first kappa shape index (κ1) is 15.8. The minimum atomic E-state index is -4.63. The fourth-order valence-corrected chi connectivity index (χ4v) is 1.57. The van der Waals surface area contributed by atoms with Gasteiger partial charge in [0.05, 0.1) is 6.61 Å². The summed E-state index contributed by atoms with van der Waals surface area (Å²) in [6.07, 6.45) is -2.90. The summed E-state index contributed by atoms with van der Waals surface area (Å²) in [7, 11) is 1.65. The van der Waals surface area contributed by atoms with E-state index in [1.807, 2.05) is 0 Å². The fourth-order valence-electron chi connectivity index (χ4n) is 1.57. The van der Waals surface area contributed by atoms with Crippen molar-refractivity contribution in [2.45, 2.75) is 19.2 Å². The Labute approximate surface area is 110 Å². The monoisotopic (exact) mass is 277 g/mol. The molecular formula is C13H18F3NO2. The second-order valence-electron chi connectivity index (χ2n) is 4.04. The molecule has 0 aromatic heterocycles. The summed E-state index contributed by atoms with van der Waals surface area (Å²) >= 11 is 0. The van der Waals surface area contributed by atoms with Crippen molar-refractivity contribution in [3.8, 4) is 5.75 Å². The van der Waals surface area contributed by atoms with Gasteiger partial charge in [-0.25, -0.2) is 0 Å². The number of alkyl halides is 3. The molecule has 1 aromatic rings. The molecule has 1 rings (SSSR count).